The largest absolute Gasteiger partial charge is 0.417 e. The minimum atomic E-state index is -1.72. The lowest BCUT2D eigenvalue weighted by atomic mass is 9.76. The summed E-state index contributed by atoms with van der Waals surface area (Å²) >= 11 is 0. The van der Waals surface area contributed by atoms with E-state index in [-0.39, 0.29) is 21.6 Å². The van der Waals surface area contributed by atoms with Crippen LogP contribution >= 0.6 is 0 Å². The Morgan fingerprint density at radius 3 is 1.96 bits per heavy atom. The third-order valence-electron chi connectivity index (χ3n) is 7.03. The molecule has 1 aliphatic rings. The third-order valence-corrected chi connectivity index (χ3v) is 16.1. The van der Waals surface area contributed by atoms with E-state index in [9.17, 15) is 0 Å². The van der Waals surface area contributed by atoms with Gasteiger partial charge < -0.3 is 8.85 Å². The van der Waals surface area contributed by atoms with Crippen LogP contribution in [-0.2, 0) is 8.85 Å². The first-order valence-corrected chi connectivity index (χ1v) is 16.0. The molecule has 0 N–H and O–H groups in total. The average molecular weight is 397 g/mol. The van der Waals surface area contributed by atoms with Gasteiger partial charge in [0, 0.05) is 12.0 Å². The summed E-state index contributed by atoms with van der Waals surface area (Å²) in [6.07, 6.45) is 10.2. The van der Waals surface area contributed by atoms with Gasteiger partial charge in [-0.05, 0) is 55.5 Å². The molecule has 4 heteroatoms. The Hall–Kier alpha value is -0.166. The minimum absolute atomic E-state index is 0.0651. The van der Waals surface area contributed by atoms with E-state index in [1.165, 1.54) is 0 Å². The molecule has 152 valence electrons. The van der Waals surface area contributed by atoms with E-state index in [2.05, 4.69) is 92.5 Å². The summed E-state index contributed by atoms with van der Waals surface area (Å²) in [5.74, 6) is 0. The molecule has 2 atom stereocenters. The minimum Gasteiger partial charge on any atom is -0.417 e. The maximum atomic E-state index is 6.58. The number of rotatable bonds is 7. The molecule has 0 bridgehead atoms. The van der Waals surface area contributed by atoms with Crippen molar-refractivity contribution in [2.24, 2.45) is 5.41 Å². The van der Waals surface area contributed by atoms with Crippen LogP contribution in [0.15, 0.2) is 24.8 Å². The molecule has 0 fully saturated rings. The second kappa shape index (κ2) is 8.06. The van der Waals surface area contributed by atoms with Gasteiger partial charge in [-0.25, -0.2) is 0 Å². The summed E-state index contributed by atoms with van der Waals surface area (Å²) in [6.45, 7) is 28.1. The Morgan fingerprint density at radius 2 is 1.58 bits per heavy atom. The normalized spacial score (nSPS) is 25.4. The summed E-state index contributed by atoms with van der Waals surface area (Å²) in [5, 5.41) is 0.518. The fraction of sp³-hybridized carbons (Fsp3) is 0.818. The van der Waals surface area contributed by atoms with Crippen molar-refractivity contribution in [2.75, 3.05) is 6.61 Å². The summed E-state index contributed by atoms with van der Waals surface area (Å²) in [4.78, 5) is 0. The maximum absolute atomic E-state index is 6.58. The number of allylic oxidation sites excluding steroid dienone is 2. The molecule has 0 saturated carbocycles. The van der Waals surface area contributed by atoms with Crippen LogP contribution in [0.4, 0.5) is 0 Å². The van der Waals surface area contributed by atoms with E-state index in [1.54, 1.807) is 0 Å². The summed E-state index contributed by atoms with van der Waals surface area (Å²) in [5.41, 5.74) is 0.0651. The Morgan fingerprint density at radius 1 is 1.04 bits per heavy atom. The second-order valence-corrected chi connectivity index (χ2v) is 20.7. The van der Waals surface area contributed by atoms with Gasteiger partial charge in [-0.15, -0.1) is 6.58 Å². The molecule has 0 amide bonds. The van der Waals surface area contributed by atoms with Crippen LogP contribution in [0.5, 0.6) is 0 Å². The molecular weight excluding hydrogens is 352 g/mol. The van der Waals surface area contributed by atoms with Gasteiger partial charge in [0.15, 0.2) is 16.6 Å². The molecule has 0 aliphatic heterocycles. The highest BCUT2D eigenvalue weighted by atomic mass is 28.4. The zero-order valence-corrected chi connectivity index (χ0v) is 21.2. The van der Waals surface area contributed by atoms with Crippen molar-refractivity contribution in [1.29, 1.82) is 0 Å². The van der Waals surface area contributed by atoms with Gasteiger partial charge in [-0.3, -0.25) is 0 Å². The van der Waals surface area contributed by atoms with Crippen molar-refractivity contribution in [3.63, 3.8) is 0 Å². The van der Waals surface area contributed by atoms with Gasteiger partial charge in [-0.2, -0.15) is 0 Å². The van der Waals surface area contributed by atoms with Gasteiger partial charge in [-0.1, -0.05) is 59.8 Å². The highest BCUT2D eigenvalue weighted by Crippen LogP contribution is 2.42. The van der Waals surface area contributed by atoms with Gasteiger partial charge in [0.05, 0.1) is 6.10 Å². The first kappa shape index (κ1) is 23.9. The molecule has 0 unspecified atom stereocenters. The first-order valence-electron chi connectivity index (χ1n) is 10.2. The summed E-state index contributed by atoms with van der Waals surface area (Å²) in [7, 11) is -3.40. The third kappa shape index (κ3) is 5.92. The van der Waals surface area contributed by atoms with Crippen LogP contribution in [0.2, 0.25) is 36.3 Å². The number of hydrogen-bond acceptors (Lipinski definition) is 2. The molecule has 0 aromatic carbocycles. The van der Waals surface area contributed by atoms with Crippen molar-refractivity contribution >= 4 is 16.6 Å². The lowest BCUT2D eigenvalue weighted by molar-refractivity contribution is 0.172. The SMILES string of the molecule is C=C[C@]1(CCO[Si](C)(C)C(C)(C)C)C=C[C@@H](O[Si](C)(C)C(C)(C)C)CC1. The van der Waals surface area contributed by atoms with Gasteiger partial charge in [0.2, 0.25) is 0 Å². The monoisotopic (exact) mass is 396 g/mol. The molecule has 26 heavy (non-hydrogen) atoms. The van der Waals surface area contributed by atoms with Crippen LogP contribution in [0, 0.1) is 5.41 Å². The molecule has 1 rings (SSSR count). The van der Waals surface area contributed by atoms with E-state index in [4.69, 9.17) is 8.85 Å². The van der Waals surface area contributed by atoms with Crippen LogP contribution in [0.25, 0.3) is 0 Å². The molecule has 2 nitrogen and oxygen atoms in total. The fourth-order valence-corrected chi connectivity index (χ4v) is 5.09. The maximum Gasteiger partial charge on any atom is 0.192 e. The lowest BCUT2D eigenvalue weighted by Crippen LogP contribution is -2.44. The summed E-state index contributed by atoms with van der Waals surface area (Å²) in [6, 6.07) is 0. The average Bonchev–Trinajstić information content (AvgIpc) is 2.46. The van der Waals surface area contributed by atoms with E-state index in [0.717, 1.165) is 25.9 Å². The molecule has 0 saturated heterocycles. The van der Waals surface area contributed by atoms with Crippen LogP contribution in [-0.4, -0.2) is 29.3 Å². The van der Waals surface area contributed by atoms with E-state index >= 15 is 0 Å². The Balaban J connectivity index is 2.69. The predicted molar refractivity (Wildman–Crippen MR) is 121 cm³/mol. The molecule has 0 heterocycles. The number of hydrogen-bond donors (Lipinski definition) is 0. The quantitative estimate of drug-likeness (QED) is 0.332. The summed E-state index contributed by atoms with van der Waals surface area (Å²) < 4.78 is 13.0. The smallest absolute Gasteiger partial charge is 0.192 e. The van der Waals surface area contributed by atoms with Crippen molar-refractivity contribution in [3.8, 4) is 0 Å². The van der Waals surface area contributed by atoms with Crippen molar-refractivity contribution < 1.29 is 8.85 Å². The topological polar surface area (TPSA) is 18.5 Å². The molecule has 0 aromatic rings. The van der Waals surface area contributed by atoms with Crippen molar-refractivity contribution in [1.82, 2.24) is 0 Å². The van der Waals surface area contributed by atoms with E-state index in [0.29, 0.717) is 0 Å². The van der Waals surface area contributed by atoms with Gasteiger partial charge in [0.25, 0.3) is 0 Å². The van der Waals surface area contributed by atoms with E-state index in [1.807, 2.05) is 0 Å². The lowest BCUT2D eigenvalue weighted by Gasteiger charge is -2.42. The highest BCUT2D eigenvalue weighted by Gasteiger charge is 2.41. The Labute approximate surface area is 165 Å². The van der Waals surface area contributed by atoms with Gasteiger partial charge in [0.1, 0.15) is 0 Å². The van der Waals surface area contributed by atoms with Crippen molar-refractivity contribution in [2.45, 2.75) is 103 Å². The molecule has 1 aliphatic carbocycles. The van der Waals surface area contributed by atoms with Crippen molar-refractivity contribution in [3.05, 3.63) is 24.8 Å². The molecule has 0 spiro atoms. The fourth-order valence-electron chi connectivity index (χ4n) is 2.74. The zero-order valence-electron chi connectivity index (χ0n) is 19.2. The Bertz CT molecular complexity index is 509. The highest BCUT2D eigenvalue weighted by molar-refractivity contribution is 6.74. The standard InChI is InChI=1S/C22H44O2Si2/c1-12-22(17-18-23-25(8,9)20(2,3)4)15-13-19(14-16-22)24-26(10,11)21(5,6)7/h12-13,15,19H,1,14,16-18H2,2-11H3/t19-,22+/m1/s1. The molecular formula is C22H44O2Si2. The predicted octanol–water partition coefficient (Wildman–Crippen LogP) is 7.31. The van der Waals surface area contributed by atoms with Crippen LogP contribution in [0.3, 0.4) is 0 Å². The zero-order chi connectivity index (χ0) is 20.4. The Kier molecular flexibility index (Phi) is 7.40. The van der Waals surface area contributed by atoms with E-state index < -0.39 is 16.6 Å². The van der Waals surface area contributed by atoms with Crippen LogP contribution in [0.1, 0.15) is 60.8 Å². The molecule has 0 aromatic heterocycles. The second-order valence-electron chi connectivity index (χ2n) is 11.1. The first-order chi connectivity index (χ1) is 11.6. The van der Waals surface area contributed by atoms with Gasteiger partial charge >= 0.3 is 0 Å². The molecule has 0 radical (unpaired) electrons. The van der Waals surface area contributed by atoms with Crippen LogP contribution < -0.4 is 0 Å².